The first-order valence-electron chi connectivity index (χ1n) is 7.63. The smallest absolute Gasteiger partial charge is 0.254 e. The molecule has 22 heavy (non-hydrogen) atoms. The third-order valence-electron chi connectivity index (χ3n) is 3.77. The van der Waals surface area contributed by atoms with Crippen LogP contribution in [-0.4, -0.2) is 23.9 Å². The molecule has 0 bridgehead atoms. The van der Waals surface area contributed by atoms with Crippen molar-refractivity contribution in [2.24, 2.45) is 0 Å². The largest absolute Gasteiger partial charge is 0.335 e. The van der Waals surface area contributed by atoms with E-state index in [1.807, 2.05) is 55.1 Å². The lowest BCUT2D eigenvalue weighted by Gasteiger charge is -2.22. The molecule has 0 radical (unpaired) electrons. The van der Waals surface area contributed by atoms with Gasteiger partial charge in [0.2, 0.25) is 0 Å². The lowest BCUT2D eigenvalue weighted by Crippen LogP contribution is -2.33. The summed E-state index contributed by atoms with van der Waals surface area (Å²) >= 11 is 0. The summed E-state index contributed by atoms with van der Waals surface area (Å²) in [6.45, 7) is 9.04. The van der Waals surface area contributed by atoms with E-state index >= 15 is 0 Å². The molecular weight excluding hydrogens is 270 g/mol. The molecule has 1 amide bonds. The zero-order valence-electron chi connectivity index (χ0n) is 13.4. The van der Waals surface area contributed by atoms with Crippen molar-refractivity contribution in [3.8, 4) is 0 Å². The molecule has 0 aliphatic rings. The molecule has 114 valence electrons. The first-order valence-corrected chi connectivity index (χ1v) is 7.63. The Morgan fingerprint density at radius 2 is 1.86 bits per heavy atom. The Morgan fingerprint density at radius 3 is 2.55 bits per heavy atom. The van der Waals surface area contributed by atoms with E-state index in [1.54, 1.807) is 6.08 Å². The Bertz CT molecular complexity index is 646. The Labute approximate surface area is 133 Å². The minimum atomic E-state index is 0.0806. The van der Waals surface area contributed by atoms with Crippen LogP contribution in [0.4, 0.5) is 0 Å². The second-order valence-electron chi connectivity index (χ2n) is 5.59. The number of amides is 1. The van der Waals surface area contributed by atoms with Gasteiger partial charge < -0.3 is 4.90 Å². The number of hydrogen-bond acceptors (Lipinski definition) is 1. The molecule has 0 heterocycles. The predicted molar refractivity (Wildman–Crippen MR) is 92.2 cm³/mol. The van der Waals surface area contributed by atoms with Crippen LogP contribution >= 0.6 is 0 Å². The van der Waals surface area contributed by atoms with Crippen molar-refractivity contribution in [2.75, 3.05) is 13.1 Å². The van der Waals surface area contributed by atoms with Crippen LogP contribution in [0, 0.1) is 13.8 Å². The van der Waals surface area contributed by atoms with Crippen LogP contribution in [0.2, 0.25) is 0 Å². The van der Waals surface area contributed by atoms with Gasteiger partial charge in [-0.15, -0.1) is 6.58 Å². The van der Waals surface area contributed by atoms with Gasteiger partial charge in [-0.3, -0.25) is 4.79 Å². The average molecular weight is 293 g/mol. The van der Waals surface area contributed by atoms with E-state index in [0.717, 1.165) is 23.1 Å². The Hall–Kier alpha value is -2.35. The van der Waals surface area contributed by atoms with E-state index in [0.29, 0.717) is 13.1 Å². The van der Waals surface area contributed by atoms with Gasteiger partial charge in [-0.1, -0.05) is 54.1 Å². The minimum Gasteiger partial charge on any atom is -0.335 e. The predicted octanol–water partition coefficient (Wildman–Crippen LogP) is 4.17. The third kappa shape index (κ3) is 4.08. The molecule has 2 heteroatoms. The first kappa shape index (κ1) is 16.0. The molecule has 0 saturated heterocycles. The highest BCUT2D eigenvalue weighted by Crippen LogP contribution is 2.14. The fourth-order valence-corrected chi connectivity index (χ4v) is 2.48. The van der Waals surface area contributed by atoms with E-state index in [4.69, 9.17) is 0 Å². The van der Waals surface area contributed by atoms with Crippen molar-refractivity contribution < 1.29 is 4.79 Å². The second kappa shape index (κ2) is 7.60. The second-order valence-corrected chi connectivity index (χ2v) is 5.59. The number of hydrogen-bond donors (Lipinski definition) is 0. The van der Waals surface area contributed by atoms with Gasteiger partial charge >= 0.3 is 0 Å². The van der Waals surface area contributed by atoms with Crippen molar-refractivity contribution >= 4 is 5.91 Å². The number of benzene rings is 2. The minimum absolute atomic E-state index is 0.0806. The first-order chi connectivity index (χ1) is 10.6. The van der Waals surface area contributed by atoms with E-state index in [9.17, 15) is 4.79 Å². The van der Waals surface area contributed by atoms with E-state index < -0.39 is 0 Å². The Kier molecular flexibility index (Phi) is 5.54. The average Bonchev–Trinajstić information content (AvgIpc) is 2.54. The topological polar surface area (TPSA) is 20.3 Å². The highest BCUT2D eigenvalue weighted by Gasteiger charge is 2.16. The Balaban J connectivity index is 2.14. The number of aryl methyl sites for hydroxylation is 2. The quantitative estimate of drug-likeness (QED) is 0.732. The number of nitrogens with zero attached hydrogens (tertiary/aromatic N) is 1. The van der Waals surface area contributed by atoms with Crippen LogP contribution in [0.1, 0.15) is 27.0 Å². The molecule has 0 aliphatic heterocycles. The summed E-state index contributed by atoms with van der Waals surface area (Å²) in [4.78, 5) is 14.7. The SMILES string of the molecule is C=CCN(CCc1ccccc1)C(=O)c1cc(C)ccc1C. The molecule has 0 unspecified atom stereocenters. The van der Waals surface area contributed by atoms with Gasteiger partial charge in [0, 0.05) is 18.7 Å². The molecule has 0 N–H and O–H groups in total. The highest BCUT2D eigenvalue weighted by atomic mass is 16.2. The van der Waals surface area contributed by atoms with Crippen molar-refractivity contribution in [3.63, 3.8) is 0 Å². The van der Waals surface area contributed by atoms with Crippen molar-refractivity contribution in [2.45, 2.75) is 20.3 Å². The normalized spacial score (nSPS) is 10.3. The van der Waals surface area contributed by atoms with Crippen LogP contribution < -0.4 is 0 Å². The molecule has 0 atom stereocenters. The number of carbonyl (C=O) groups is 1. The maximum Gasteiger partial charge on any atom is 0.254 e. The molecule has 2 rings (SSSR count). The molecule has 2 aromatic carbocycles. The molecule has 0 fully saturated rings. The summed E-state index contributed by atoms with van der Waals surface area (Å²) in [6, 6.07) is 16.3. The molecule has 2 aromatic rings. The lowest BCUT2D eigenvalue weighted by atomic mass is 10.0. The zero-order chi connectivity index (χ0) is 15.9. The molecule has 2 nitrogen and oxygen atoms in total. The molecule has 0 aliphatic carbocycles. The molecular formula is C20H23NO. The summed E-state index contributed by atoms with van der Waals surface area (Å²) in [6.07, 6.45) is 2.64. The number of carbonyl (C=O) groups excluding carboxylic acids is 1. The van der Waals surface area contributed by atoms with Gasteiger partial charge in [-0.05, 0) is 37.5 Å². The van der Waals surface area contributed by atoms with Crippen molar-refractivity contribution in [1.29, 1.82) is 0 Å². The van der Waals surface area contributed by atoms with E-state index in [-0.39, 0.29) is 5.91 Å². The highest BCUT2D eigenvalue weighted by molar-refractivity contribution is 5.96. The van der Waals surface area contributed by atoms with Crippen LogP contribution in [0.5, 0.6) is 0 Å². The summed E-state index contributed by atoms with van der Waals surface area (Å²) in [7, 11) is 0. The van der Waals surface area contributed by atoms with E-state index in [1.165, 1.54) is 5.56 Å². The van der Waals surface area contributed by atoms with Gasteiger partial charge in [0.25, 0.3) is 5.91 Å². The van der Waals surface area contributed by atoms with Gasteiger partial charge in [-0.2, -0.15) is 0 Å². The van der Waals surface area contributed by atoms with Crippen molar-refractivity contribution in [3.05, 3.63) is 83.4 Å². The van der Waals surface area contributed by atoms with Crippen LogP contribution in [-0.2, 0) is 6.42 Å². The van der Waals surface area contributed by atoms with Crippen LogP contribution in [0.15, 0.2) is 61.2 Å². The summed E-state index contributed by atoms with van der Waals surface area (Å²) in [5.41, 5.74) is 4.15. The summed E-state index contributed by atoms with van der Waals surface area (Å²) < 4.78 is 0. The third-order valence-corrected chi connectivity index (χ3v) is 3.77. The Morgan fingerprint density at radius 1 is 1.14 bits per heavy atom. The maximum atomic E-state index is 12.8. The van der Waals surface area contributed by atoms with Gasteiger partial charge in [0.1, 0.15) is 0 Å². The van der Waals surface area contributed by atoms with Gasteiger partial charge in [0.15, 0.2) is 0 Å². The van der Waals surface area contributed by atoms with Crippen LogP contribution in [0.25, 0.3) is 0 Å². The summed E-state index contributed by atoms with van der Waals surface area (Å²) in [5.74, 6) is 0.0806. The molecule has 0 spiro atoms. The molecule has 0 saturated carbocycles. The summed E-state index contributed by atoms with van der Waals surface area (Å²) in [5, 5.41) is 0. The van der Waals surface area contributed by atoms with Crippen molar-refractivity contribution in [1.82, 2.24) is 4.90 Å². The maximum absolute atomic E-state index is 12.8. The fourth-order valence-electron chi connectivity index (χ4n) is 2.48. The van der Waals surface area contributed by atoms with E-state index in [2.05, 4.69) is 18.7 Å². The standard InChI is InChI=1S/C20H23NO/c1-4-13-21(14-12-18-8-6-5-7-9-18)20(22)19-15-16(2)10-11-17(19)3/h4-11,15H,1,12-14H2,2-3H3. The lowest BCUT2D eigenvalue weighted by molar-refractivity contribution is 0.0775. The molecule has 0 aromatic heterocycles. The monoisotopic (exact) mass is 293 g/mol. The fraction of sp³-hybridized carbons (Fsp3) is 0.250. The number of rotatable bonds is 6. The van der Waals surface area contributed by atoms with Crippen LogP contribution in [0.3, 0.4) is 0 Å². The zero-order valence-corrected chi connectivity index (χ0v) is 13.4. The van der Waals surface area contributed by atoms with Gasteiger partial charge in [-0.25, -0.2) is 0 Å². The van der Waals surface area contributed by atoms with Gasteiger partial charge in [0.05, 0.1) is 0 Å².